The van der Waals surface area contributed by atoms with Crippen LogP contribution in [0, 0.1) is 0 Å². The minimum Gasteiger partial charge on any atom is -0.497 e. The van der Waals surface area contributed by atoms with Crippen LogP contribution in [0.2, 0.25) is 0 Å². The third-order valence-electron chi connectivity index (χ3n) is 3.27. The van der Waals surface area contributed by atoms with E-state index in [9.17, 15) is 0 Å². The first kappa shape index (κ1) is 13.4. The second-order valence-electron chi connectivity index (χ2n) is 4.84. The topological polar surface area (TPSA) is 43.4 Å². The Bertz CT molecular complexity index is 553. The number of nitrogens with zero attached hydrogens (tertiary/aromatic N) is 1. The number of methoxy groups -OCH3 is 1. The average molecular weight is 290 g/mol. The van der Waals surface area contributed by atoms with E-state index < -0.39 is 0 Å². The highest BCUT2D eigenvalue weighted by atomic mass is 32.1. The Morgan fingerprint density at radius 3 is 3.00 bits per heavy atom. The van der Waals surface area contributed by atoms with Crippen LogP contribution >= 0.6 is 11.3 Å². The molecule has 1 heterocycles. The van der Waals surface area contributed by atoms with E-state index in [-0.39, 0.29) is 0 Å². The summed E-state index contributed by atoms with van der Waals surface area (Å²) >= 11 is 1.60. The Balaban J connectivity index is 1.70. The first-order valence-corrected chi connectivity index (χ1v) is 7.64. The summed E-state index contributed by atoms with van der Waals surface area (Å²) in [5, 5.41) is 6.45. The summed E-state index contributed by atoms with van der Waals surface area (Å²) in [5.74, 6) is 1.68. The van der Waals surface area contributed by atoms with Crippen LogP contribution in [0.4, 0.5) is 0 Å². The van der Waals surface area contributed by atoms with Gasteiger partial charge in [-0.3, -0.25) is 0 Å². The molecule has 0 atom stereocenters. The molecule has 1 aromatic carbocycles. The third kappa shape index (κ3) is 3.49. The molecule has 0 spiro atoms. The number of hydrogen-bond donors (Lipinski definition) is 1. The summed E-state index contributed by atoms with van der Waals surface area (Å²) in [6.07, 6.45) is 4.36. The molecule has 1 aromatic heterocycles. The lowest BCUT2D eigenvalue weighted by Crippen LogP contribution is -2.16. The second-order valence-corrected chi connectivity index (χ2v) is 5.82. The van der Waals surface area contributed by atoms with E-state index in [2.05, 4.69) is 16.4 Å². The molecule has 0 radical (unpaired) electrons. The van der Waals surface area contributed by atoms with Crippen molar-refractivity contribution in [2.75, 3.05) is 7.11 Å². The average Bonchev–Trinajstić information content (AvgIpc) is 3.17. The fourth-order valence-electron chi connectivity index (χ4n) is 1.95. The molecule has 1 N–H and O–H groups in total. The van der Waals surface area contributed by atoms with Crippen molar-refractivity contribution in [1.29, 1.82) is 0 Å². The van der Waals surface area contributed by atoms with Gasteiger partial charge in [-0.2, -0.15) is 0 Å². The maximum absolute atomic E-state index is 5.90. The van der Waals surface area contributed by atoms with E-state index in [1.165, 1.54) is 12.8 Å². The predicted molar refractivity (Wildman–Crippen MR) is 79.3 cm³/mol. The standard InChI is InChI=1S/C15H18N2O2S/c1-18-13-5-2-11(9-17-12-3-4-12)14(8-13)19-10-15-16-6-7-20-15/h2,5-8,12,17H,3-4,9-10H2,1H3. The highest BCUT2D eigenvalue weighted by Crippen LogP contribution is 2.27. The minimum absolute atomic E-state index is 0.501. The van der Waals surface area contributed by atoms with Gasteiger partial charge in [0.15, 0.2) is 0 Å². The van der Waals surface area contributed by atoms with Crippen LogP contribution < -0.4 is 14.8 Å². The maximum atomic E-state index is 5.90. The Morgan fingerprint density at radius 1 is 1.40 bits per heavy atom. The molecule has 0 saturated heterocycles. The van der Waals surface area contributed by atoms with Gasteiger partial charge in [0.05, 0.1) is 7.11 Å². The Labute approximate surface area is 122 Å². The molecule has 0 amide bonds. The second kappa shape index (κ2) is 6.24. The molecule has 1 aliphatic carbocycles. The van der Waals surface area contributed by atoms with Gasteiger partial charge in [-0.05, 0) is 18.9 Å². The van der Waals surface area contributed by atoms with Crippen molar-refractivity contribution in [3.63, 3.8) is 0 Å². The van der Waals surface area contributed by atoms with Crippen molar-refractivity contribution in [3.8, 4) is 11.5 Å². The van der Waals surface area contributed by atoms with E-state index in [1.54, 1.807) is 24.6 Å². The fourth-order valence-corrected chi connectivity index (χ4v) is 2.48. The normalized spacial score (nSPS) is 14.2. The zero-order valence-electron chi connectivity index (χ0n) is 11.5. The molecule has 20 heavy (non-hydrogen) atoms. The molecule has 106 valence electrons. The zero-order valence-corrected chi connectivity index (χ0v) is 12.3. The maximum Gasteiger partial charge on any atom is 0.140 e. The van der Waals surface area contributed by atoms with Crippen molar-refractivity contribution >= 4 is 11.3 Å². The molecule has 1 fully saturated rings. The summed E-state index contributed by atoms with van der Waals surface area (Å²) in [6.45, 7) is 1.34. The summed E-state index contributed by atoms with van der Waals surface area (Å²) in [4.78, 5) is 4.23. The number of aromatic nitrogens is 1. The van der Waals surface area contributed by atoms with Crippen molar-refractivity contribution in [1.82, 2.24) is 10.3 Å². The summed E-state index contributed by atoms with van der Waals surface area (Å²) in [5.41, 5.74) is 1.16. The quantitative estimate of drug-likeness (QED) is 0.851. The molecule has 1 aliphatic rings. The number of hydrogen-bond acceptors (Lipinski definition) is 5. The largest absolute Gasteiger partial charge is 0.497 e. The minimum atomic E-state index is 0.501. The Morgan fingerprint density at radius 2 is 2.30 bits per heavy atom. The lowest BCUT2D eigenvalue weighted by atomic mass is 10.2. The molecule has 0 unspecified atom stereocenters. The molecule has 0 aliphatic heterocycles. The van der Waals surface area contributed by atoms with Gasteiger partial charge < -0.3 is 14.8 Å². The number of ether oxygens (including phenoxy) is 2. The van der Waals surface area contributed by atoms with Crippen molar-refractivity contribution in [2.24, 2.45) is 0 Å². The predicted octanol–water partition coefficient (Wildman–Crippen LogP) is 2.98. The van der Waals surface area contributed by atoms with Crippen LogP contribution in [-0.2, 0) is 13.2 Å². The number of thiazole rings is 1. The summed E-state index contributed by atoms with van der Waals surface area (Å²) in [6, 6.07) is 6.66. The molecular weight excluding hydrogens is 272 g/mol. The van der Waals surface area contributed by atoms with Gasteiger partial charge in [0.1, 0.15) is 23.1 Å². The van der Waals surface area contributed by atoms with E-state index in [0.717, 1.165) is 28.6 Å². The van der Waals surface area contributed by atoms with Crippen molar-refractivity contribution in [2.45, 2.75) is 32.0 Å². The molecule has 1 saturated carbocycles. The van der Waals surface area contributed by atoms with E-state index >= 15 is 0 Å². The van der Waals surface area contributed by atoms with E-state index in [4.69, 9.17) is 9.47 Å². The number of rotatable bonds is 7. The summed E-state index contributed by atoms with van der Waals surface area (Å²) in [7, 11) is 1.67. The Kier molecular flexibility index (Phi) is 4.18. The van der Waals surface area contributed by atoms with E-state index in [0.29, 0.717) is 12.6 Å². The van der Waals surface area contributed by atoms with Crippen LogP contribution in [0.25, 0.3) is 0 Å². The number of nitrogens with one attached hydrogen (secondary N) is 1. The first-order chi connectivity index (χ1) is 9.85. The van der Waals surface area contributed by atoms with Crippen LogP contribution in [0.15, 0.2) is 29.8 Å². The highest BCUT2D eigenvalue weighted by Gasteiger charge is 2.20. The smallest absolute Gasteiger partial charge is 0.140 e. The van der Waals surface area contributed by atoms with Crippen LogP contribution in [-0.4, -0.2) is 18.1 Å². The fraction of sp³-hybridized carbons (Fsp3) is 0.400. The lowest BCUT2D eigenvalue weighted by Gasteiger charge is -2.13. The first-order valence-electron chi connectivity index (χ1n) is 6.76. The molecule has 4 nitrogen and oxygen atoms in total. The molecular formula is C15H18N2O2S. The van der Waals surface area contributed by atoms with Gasteiger partial charge in [0.25, 0.3) is 0 Å². The number of benzene rings is 1. The zero-order chi connectivity index (χ0) is 13.8. The molecule has 3 rings (SSSR count). The van der Waals surface area contributed by atoms with Gasteiger partial charge in [-0.15, -0.1) is 11.3 Å². The van der Waals surface area contributed by atoms with Gasteiger partial charge in [-0.25, -0.2) is 4.98 Å². The van der Waals surface area contributed by atoms with Gasteiger partial charge in [-0.1, -0.05) is 6.07 Å². The highest BCUT2D eigenvalue weighted by molar-refractivity contribution is 7.09. The van der Waals surface area contributed by atoms with Crippen LogP contribution in [0.3, 0.4) is 0 Å². The molecule has 2 aromatic rings. The molecule has 5 heteroatoms. The SMILES string of the molecule is COc1ccc(CNC2CC2)c(OCc2nccs2)c1. The van der Waals surface area contributed by atoms with E-state index in [1.807, 2.05) is 17.5 Å². The third-order valence-corrected chi connectivity index (χ3v) is 4.02. The lowest BCUT2D eigenvalue weighted by molar-refractivity contribution is 0.299. The van der Waals surface area contributed by atoms with Crippen molar-refractivity contribution in [3.05, 3.63) is 40.3 Å². The van der Waals surface area contributed by atoms with Crippen molar-refractivity contribution < 1.29 is 9.47 Å². The summed E-state index contributed by atoms with van der Waals surface area (Å²) < 4.78 is 11.2. The monoisotopic (exact) mass is 290 g/mol. The van der Waals surface area contributed by atoms with Gasteiger partial charge in [0.2, 0.25) is 0 Å². The Hall–Kier alpha value is -1.59. The van der Waals surface area contributed by atoms with Gasteiger partial charge in [0, 0.05) is 35.8 Å². The van der Waals surface area contributed by atoms with Gasteiger partial charge >= 0.3 is 0 Å². The molecule has 0 bridgehead atoms. The van der Waals surface area contributed by atoms with Crippen LogP contribution in [0.5, 0.6) is 11.5 Å². The van der Waals surface area contributed by atoms with Crippen LogP contribution in [0.1, 0.15) is 23.4 Å².